The molecule has 0 radical (unpaired) electrons. The molecule has 2 rings (SSSR count). The number of aromatic nitrogens is 2. The summed E-state index contributed by atoms with van der Waals surface area (Å²) >= 11 is 0. The second-order valence-electron chi connectivity index (χ2n) is 4.54. The van der Waals surface area contributed by atoms with Crippen LogP contribution >= 0.6 is 0 Å². The number of carbonyl (C=O) groups excluding carboxylic acids is 1. The number of nitrogens with one attached hydrogen (secondary N) is 1. The Balaban J connectivity index is 2.61. The Kier molecular flexibility index (Phi) is 4.52. The highest BCUT2D eigenvalue weighted by Gasteiger charge is 2.19. The van der Waals surface area contributed by atoms with Gasteiger partial charge in [0.05, 0.1) is 11.5 Å². The number of benzene rings is 1. The number of nitro groups is 1. The molecule has 0 aliphatic rings. The lowest BCUT2D eigenvalue weighted by Crippen LogP contribution is -2.32. The van der Waals surface area contributed by atoms with Crippen LogP contribution in [0.25, 0.3) is 5.69 Å². The Morgan fingerprint density at radius 2 is 2.17 bits per heavy atom. The van der Waals surface area contributed by atoms with E-state index in [1.807, 2.05) is 0 Å². The fourth-order valence-electron chi connectivity index (χ4n) is 1.96. The van der Waals surface area contributed by atoms with Crippen molar-refractivity contribution in [2.75, 3.05) is 6.54 Å². The molecule has 0 bridgehead atoms. The molecule has 1 N–H and O–H groups in total. The third-order valence-corrected chi connectivity index (χ3v) is 2.98. The van der Waals surface area contributed by atoms with Crippen molar-refractivity contribution < 1.29 is 9.72 Å². The molecule has 116 valence electrons. The summed E-state index contributed by atoms with van der Waals surface area (Å²) in [5.41, 5.74) is -0.656. The fraction of sp³-hybridized carbons (Fsp3) is 0.133. The van der Waals surface area contributed by atoms with Crippen molar-refractivity contribution in [3.05, 3.63) is 62.1 Å². The Labute approximate surface area is 130 Å². The second kappa shape index (κ2) is 6.53. The lowest BCUT2D eigenvalue weighted by Gasteiger charge is -2.11. The molecule has 8 nitrogen and oxygen atoms in total. The van der Waals surface area contributed by atoms with Crippen LogP contribution in [0.4, 0.5) is 5.69 Å². The van der Waals surface area contributed by atoms with Gasteiger partial charge in [-0.25, -0.2) is 4.68 Å². The van der Waals surface area contributed by atoms with E-state index < -0.39 is 16.3 Å². The lowest BCUT2D eigenvalue weighted by molar-refractivity contribution is -0.384. The monoisotopic (exact) mass is 312 g/mol. The minimum Gasteiger partial charge on any atom is -0.340 e. The predicted octanol–water partition coefficient (Wildman–Crippen LogP) is 0.812. The van der Waals surface area contributed by atoms with Crippen LogP contribution in [0.15, 0.2) is 35.1 Å². The van der Waals surface area contributed by atoms with E-state index in [9.17, 15) is 19.7 Å². The summed E-state index contributed by atoms with van der Waals surface area (Å²) in [4.78, 5) is 34.4. The summed E-state index contributed by atoms with van der Waals surface area (Å²) in [5, 5.41) is 17.4. The summed E-state index contributed by atoms with van der Waals surface area (Å²) in [7, 11) is 0. The van der Waals surface area contributed by atoms with Crippen molar-refractivity contribution >= 4 is 11.6 Å². The maximum atomic E-state index is 11.9. The van der Waals surface area contributed by atoms with Gasteiger partial charge in [0.1, 0.15) is 5.69 Å². The number of rotatable bonds is 4. The van der Waals surface area contributed by atoms with E-state index in [4.69, 9.17) is 6.42 Å². The van der Waals surface area contributed by atoms with Gasteiger partial charge in [-0.1, -0.05) is 18.1 Å². The van der Waals surface area contributed by atoms with Gasteiger partial charge in [-0.3, -0.25) is 19.7 Å². The zero-order valence-corrected chi connectivity index (χ0v) is 12.1. The first-order valence-electron chi connectivity index (χ1n) is 6.52. The first-order chi connectivity index (χ1) is 11.0. The van der Waals surface area contributed by atoms with Crippen LogP contribution in [0.3, 0.4) is 0 Å². The number of hydrogen-bond donors (Lipinski definition) is 1. The van der Waals surface area contributed by atoms with Crippen molar-refractivity contribution in [2.45, 2.75) is 6.92 Å². The molecule has 0 unspecified atom stereocenters. The molecule has 0 saturated carbocycles. The number of para-hydroxylation sites is 2. The van der Waals surface area contributed by atoms with E-state index in [2.05, 4.69) is 16.3 Å². The third kappa shape index (κ3) is 3.24. The molecule has 1 amide bonds. The van der Waals surface area contributed by atoms with Gasteiger partial charge in [-0.15, -0.1) is 6.42 Å². The largest absolute Gasteiger partial charge is 0.340 e. The van der Waals surface area contributed by atoms with Crippen LogP contribution in [0, 0.1) is 29.4 Å². The molecule has 0 saturated heterocycles. The highest BCUT2D eigenvalue weighted by Crippen LogP contribution is 2.22. The molecule has 23 heavy (non-hydrogen) atoms. The molecule has 1 aromatic carbocycles. The van der Waals surface area contributed by atoms with Crippen LogP contribution in [0.2, 0.25) is 0 Å². The van der Waals surface area contributed by atoms with E-state index in [1.165, 1.54) is 28.9 Å². The molecular formula is C15H12N4O4. The van der Waals surface area contributed by atoms with Gasteiger partial charge in [0.2, 0.25) is 5.43 Å². The number of nitrogens with zero attached hydrogens (tertiary/aromatic N) is 3. The molecule has 1 aromatic heterocycles. The Morgan fingerprint density at radius 3 is 2.83 bits per heavy atom. The summed E-state index contributed by atoms with van der Waals surface area (Å²) in [6.45, 7) is 1.51. The SMILES string of the molecule is C#CCNC(=O)c1nn(-c2ccccc2[N+](=O)[O-])c(C)cc1=O. The maximum absolute atomic E-state index is 11.9. The molecule has 0 fully saturated rings. The van der Waals surface area contributed by atoms with Gasteiger partial charge in [-0.05, 0) is 13.0 Å². The topological polar surface area (TPSA) is 107 Å². The molecule has 8 heteroatoms. The molecule has 0 spiro atoms. The Bertz CT molecular complexity index is 880. The van der Waals surface area contributed by atoms with Crippen LogP contribution in [0.5, 0.6) is 0 Å². The third-order valence-electron chi connectivity index (χ3n) is 2.98. The van der Waals surface area contributed by atoms with Gasteiger partial charge < -0.3 is 5.32 Å². The normalized spacial score (nSPS) is 9.91. The molecule has 2 aromatic rings. The molecule has 0 aliphatic carbocycles. The molecule has 1 heterocycles. The Hall–Kier alpha value is -3.47. The number of aryl methyl sites for hydroxylation is 1. The van der Waals surface area contributed by atoms with E-state index in [1.54, 1.807) is 13.0 Å². The number of carbonyl (C=O) groups is 1. The minimum absolute atomic E-state index is 0.0562. The van der Waals surface area contributed by atoms with E-state index in [0.29, 0.717) is 5.69 Å². The van der Waals surface area contributed by atoms with Crippen molar-refractivity contribution in [1.29, 1.82) is 0 Å². The van der Waals surface area contributed by atoms with Crippen molar-refractivity contribution in [3.8, 4) is 18.0 Å². The maximum Gasteiger partial charge on any atom is 0.294 e. The van der Waals surface area contributed by atoms with E-state index in [-0.39, 0.29) is 23.6 Å². The van der Waals surface area contributed by atoms with Gasteiger partial charge >= 0.3 is 0 Å². The van der Waals surface area contributed by atoms with Gasteiger partial charge in [0.15, 0.2) is 5.69 Å². The lowest BCUT2D eigenvalue weighted by atomic mass is 10.2. The van der Waals surface area contributed by atoms with Crippen LogP contribution < -0.4 is 10.7 Å². The summed E-state index contributed by atoms with van der Waals surface area (Å²) in [6.07, 6.45) is 5.05. The standard InChI is InChI=1S/C15H12N4O4/c1-3-8-16-15(21)14-13(20)9-10(2)18(17-14)11-6-4-5-7-12(11)19(22)23/h1,4-7,9H,8H2,2H3,(H,16,21). The molecule has 0 atom stereocenters. The summed E-state index contributed by atoms with van der Waals surface area (Å²) < 4.78 is 1.18. The molecular weight excluding hydrogens is 300 g/mol. The predicted molar refractivity (Wildman–Crippen MR) is 82.4 cm³/mol. The van der Waals surface area contributed by atoms with E-state index in [0.717, 1.165) is 0 Å². The summed E-state index contributed by atoms with van der Waals surface area (Å²) in [5.74, 6) is 1.48. The second-order valence-corrected chi connectivity index (χ2v) is 4.54. The Morgan fingerprint density at radius 1 is 1.48 bits per heavy atom. The van der Waals surface area contributed by atoms with Crippen molar-refractivity contribution in [3.63, 3.8) is 0 Å². The quantitative estimate of drug-likeness (QED) is 0.511. The number of nitro benzene ring substituents is 1. The van der Waals surface area contributed by atoms with Gasteiger partial charge in [0, 0.05) is 17.8 Å². The number of hydrogen-bond acceptors (Lipinski definition) is 5. The molecule has 0 aliphatic heterocycles. The first kappa shape index (κ1) is 15.9. The fourth-order valence-corrected chi connectivity index (χ4v) is 1.96. The first-order valence-corrected chi connectivity index (χ1v) is 6.52. The highest BCUT2D eigenvalue weighted by molar-refractivity contribution is 5.92. The smallest absolute Gasteiger partial charge is 0.294 e. The van der Waals surface area contributed by atoms with Crippen LogP contribution in [-0.2, 0) is 0 Å². The van der Waals surface area contributed by atoms with Crippen molar-refractivity contribution in [2.24, 2.45) is 0 Å². The van der Waals surface area contributed by atoms with Gasteiger partial charge in [-0.2, -0.15) is 5.10 Å². The van der Waals surface area contributed by atoms with Crippen LogP contribution in [-0.4, -0.2) is 27.2 Å². The van der Waals surface area contributed by atoms with Crippen molar-refractivity contribution in [1.82, 2.24) is 15.1 Å². The van der Waals surface area contributed by atoms with Crippen LogP contribution in [0.1, 0.15) is 16.2 Å². The average Bonchev–Trinajstić information content (AvgIpc) is 2.52. The zero-order valence-electron chi connectivity index (χ0n) is 12.1. The number of terminal acetylenes is 1. The summed E-state index contributed by atoms with van der Waals surface area (Å²) in [6, 6.07) is 7.09. The zero-order chi connectivity index (χ0) is 17.0. The van der Waals surface area contributed by atoms with Gasteiger partial charge in [0.25, 0.3) is 11.6 Å². The van der Waals surface area contributed by atoms with E-state index >= 15 is 0 Å². The number of amides is 1. The minimum atomic E-state index is -0.736. The average molecular weight is 312 g/mol. The highest BCUT2D eigenvalue weighted by atomic mass is 16.6.